The van der Waals surface area contributed by atoms with E-state index in [0.29, 0.717) is 29.7 Å². The summed E-state index contributed by atoms with van der Waals surface area (Å²) in [6, 6.07) is 6.91. The molecule has 1 aliphatic rings. The van der Waals surface area contributed by atoms with Crippen LogP contribution in [-0.4, -0.2) is 54.2 Å². The van der Waals surface area contributed by atoms with E-state index in [9.17, 15) is 13.2 Å². The molecule has 2 aromatic rings. The van der Waals surface area contributed by atoms with Gasteiger partial charge in [-0.1, -0.05) is 12.1 Å². The second-order valence-electron chi connectivity index (χ2n) is 8.97. The number of nitrogens with one attached hydrogen (secondary N) is 2. The van der Waals surface area contributed by atoms with E-state index in [1.54, 1.807) is 24.3 Å². The minimum absolute atomic E-state index is 0.0274. The molecule has 4 N–H and O–H groups in total. The molecule has 1 amide bonds. The van der Waals surface area contributed by atoms with E-state index >= 15 is 0 Å². The average molecular weight is 478 g/mol. The van der Waals surface area contributed by atoms with E-state index in [-0.39, 0.29) is 11.8 Å². The Morgan fingerprint density at radius 2 is 2.06 bits per heavy atom. The van der Waals surface area contributed by atoms with Crippen LogP contribution in [0.4, 0.5) is 22.4 Å². The van der Waals surface area contributed by atoms with Gasteiger partial charge in [0.05, 0.1) is 5.75 Å². The molecule has 1 aromatic carbocycles. The highest BCUT2D eigenvalue weighted by Crippen LogP contribution is 2.23. The van der Waals surface area contributed by atoms with E-state index in [1.807, 2.05) is 20.8 Å². The molecule has 1 aliphatic heterocycles. The maximum absolute atomic E-state index is 12.1. The molecule has 0 bridgehead atoms. The number of nitrogens with zero attached hydrogens (tertiary/aromatic N) is 4. The molecule has 11 nitrogen and oxygen atoms in total. The van der Waals surface area contributed by atoms with Crippen molar-refractivity contribution >= 4 is 33.7 Å². The third kappa shape index (κ3) is 8.13. The number of rotatable bonds is 7. The number of hydrogen-bond donors (Lipinski definition) is 3. The van der Waals surface area contributed by atoms with Gasteiger partial charge >= 0.3 is 6.09 Å². The van der Waals surface area contributed by atoms with Crippen LogP contribution in [0, 0.1) is 0 Å². The first-order valence-electron chi connectivity index (χ1n) is 10.8. The fourth-order valence-corrected chi connectivity index (χ4v) is 4.22. The summed E-state index contributed by atoms with van der Waals surface area (Å²) in [6.45, 7) is 6.64. The van der Waals surface area contributed by atoms with Crippen molar-refractivity contribution in [1.82, 2.24) is 20.3 Å². The van der Waals surface area contributed by atoms with Crippen molar-refractivity contribution in [2.75, 3.05) is 23.3 Å². The predicted octanol–water partition coefficient (Wildman–Crippen LogP) is 2.29. The fraction of sp³-hybridized carbons (Fsp3) is 0.524. The Labute approximate surface area is 194 Å². The zero-order chi connectivity index (χ0) is 24.1. The first-order valence-corrected chi connectivity index (χ1v) is 12.5. The van der Waals surface area contributed by atoms with Gasteiger partial charge in [-0.15, -0.1) is 0 Å². The second-order valence-corrected chi connectivity index (χ2v) is 10.6. The third-order valence-electron chi connectivity index (χ3n) is 4.88. The topological polar surface area (TPSA) is 152 Å². The smallest absolute Gasteiger partial charge is 0.407 e. The number of sulfonamides is 1. The highest BCUT2D eigenvalue weighted by atomic mass is 32.2. The van der Waals surface area contributed by atoms with Crippen LogP contribution in [0.25, 0.3) is 0 Å². The molecule has 3 rings (SSSR count). The SMILES string of the molecule is CC(C)(C)OC(=O)NC[C@@H]1CCCCN1c1ncnc(Nc2cccc(CS(N)(=O)=O)c2)n1. The Balaban J connectivity index is 1.69. The summed E-state index contributed by atoms with van der Waals surface area (Å²) < 4.78 is 28.1. The zero-order valence-electron chi connectivity index (χ0n) is 19.1. The summed E-state index contributed by atoms with van der Waals surface area (Å²) in [5.41, 5.74) is 0.632. The lowest BCUT2D eigenvalue weighted by Crippen LogP contribution is -2.48. The molecule has 12 heteroatoms. The van der Waals surface area contributed by atoms with Crippen LogP contribution in [-0.2, 0) is 20.5 Å². The molecule has 33 heavy (non-hydrogen) atoms. The van der Waals surface area contributed by atoms with Crippen molar-refractivity contribution in [2.45, 2.75) is 57.4 Å². The summed E-state index contributed by atoms with van der Waals surface area (Å²) in [7, 11) is -3.63. The molecule has 0 radical (unpaired) electrons. The van der Waals surface area contributed by atoms with Crippen molar-refractivity contribution < 1.29 is 17.9 Å². The lowest BCUT2D eigenvalue weighted by atomic mass is 10.0. The summed E-state index contributed by atoms with van der Waals surface area (Å²) >= 11 is 0. The quantitative estimate of drug-likeness (QED) is 0.545. The molecule has 0 unspecified atom stereocenters. The third-order valence-corrected chi connectivity index (χ3v) is 5.61. The van der Waals surface area contributed by atoms with E-state index < -0.39 is 21.7 Å². The van der Waals surface area contributed by atoms with Crippen LogP contribution in [0.2, 0.25) is 0 Å². The normalized spacial score (nSPS) is 16.8. The predicted molar refractivity (Wildman–Crippen MR) is 126 cm³/mol. The number of hydrogen-bond acceptors (Lipinski definition) is 9. The molecule has 1 atom stereocenters. The van der Waals surface area contributed by atoms with Gasteiger partial charge in [0.25, 0.3) is 0 Å². The van der Waals surface area contributed by atoms with E-state index in [1.165, 1.54) is 6.33 Å². The monoisotopic (exact) mass is 477 g/mol. The molecule has 1 aromatic heterocycles. The number of primary sulfonamides is 1. The van der Waals surface area contributed by atoms with Crippen molar-refractivity contribution in [1.29, 1.82) is 0 Å². The number of alkyl carbamates (subject to hydrolysis) is 1. The van der Waals surface area contributed by atoms with Crippen LogP contribution < -0.4 is 20.7 Å². The number of anilines is 3. The van der Waals surface area contributed by atoms with Crippen LogP contribution in [0.5, 0.6) is 0 Å². The molecule has 2 heterocycles. The van der Waals surface area contributed by atoms with Gasteiger partial charge in [-0.05, 0) is 57.7 Å². The first-order chi connectivity index (χ1) is 15.5. The van der Waals surface area contributed by atoms with Gasteiger partial charge in [0.2, 0.25) is 21.9 Å². The maximum atomic E-state index is 12.1. The summed E-state index contributed by atoms with van der Waals surface area (Å²) in [5, 5.41) is 11.1. The van der Waals surface area contributed by atoms with Crippen LogP contribution in [0.15, 0.2) is 30.6 Å². The van der Waals surface area contributed by atoms with Gasteiger partial charge in [0.1, 0.15) is 11.9 Å². The number of carbonyl (C=O) groups is 1. The zero-order valence-corrected chi connectivity index (χ0v) is 19.9. The van der Waals surface area contributed by atoms with Crippen LogP contribution in [0.3, 0.4) is 0 Å². The fourth-order valence-electron chi connectivity index (χ4n) is 3.58. The molecule has 180 valence electrons. The summed E-state index contributed by atoms with van der Waals surface area (Å²) in [4.78, 5) is 27.2. The molecular weight excluding hydrogens is 446 g/mol. The Morgan fingerprint density at radius 3 is 2.79 bits per heavy atom. The van der Waals surface area contributed by atoms with Crippen molar-refractivity contribution in [2.24, 2.45) is 5.14 Å². The molecule has 0 saturated carbocycles. The first kappa shape index (κ1) is 24.6. The van der Waals surface area contributed by atoms with E-state index in [4.69, 9.17) is 9.88 Å². The molecule has 1 fully saturated rings. The molecular formula is C21H31N7O4S. The Kier molecular flexibility index (Phi) is 7.69. The minimum Gasteiger partial charge on any atom is -0.444 e. The highest BCUT2D eigenvalue weighted by molar-refractivity contribution is 7.88. The number of carbonyl (C=O) groups excluding carboxylic acids is 1. The van der Waals surface area contributed by atoms with E-state index in [0.717, 1.165) is 25.8 Å². The van der Waals surface area contributed by atoms with Crippen molar-refractivity contribution in [3.05, 3.63) is 36.2 Å². The Bertz CT molecular complexity index is 1070. The number of ether oxygens (including phenoxy) is 1. The standard InChI is InChI=1S/C21H31N7O4S/c1-21(2,3)32-20(29)23-12-17-9-4-5-10-28(17)19-25-14-24-18(27-19)26-16-8-6-7-15(11-16)13-33(22,30)31/h6-8,11,14,17H,4-5,9-10,12-13H2,1-3H3,(H,23,29)(H2,22,30,31)(H,24,25,26,27)/t17-/m0/s1. The van der Waals surface area contributed by atoms with Gasteiger partial charge in [-0.25, -0.2) is 28.3 Å². The van der Waals surface area contributed by atoms with Gasteiger partial charge in [-0.2, -0.15) is 4.98 Å². The number of amides is 1. The van der Waals surface area contributed by atoms with Crippen molar-refractivity contribution in [3.63, 3.8) is 0 Å². The van der Waals surface area contributed by atoms with Gasteiger partial charge in [0, 0.05) is 24.8 Å². The summed E-state index contributed by atoms with van der Waals surface area (Å²) in [5.74, 6) is 0.575. The number of aromatic nitrogens is 3. The largest absolute Gasteiger partial charge is 0.444 e. The number of nitrogens with two attached hydrogens (primary N) is 1. The maximum Gasteiger partial charge on any atom is 0.407 e. The van der Waals surface area contributed by atoms with Gasteiger partial charge < -0.3 is 20.3 Å². The van der Waals surface area contributed by atoms with Crippen LogP contribution >= 0.6 is 0 Å². The molecule has 1 saturated heterocycles. The van der Waals surface area contributed by atoms with Crippen molar-refractivity contribution in [3.8, 4) is 0 Å². The van der Waals surface area contributed by atoms with Gasteiger partial charge in [0.15, 0.2) is 0 Å². The number of piperidine rings is 1. The number of benzene rings is 1. The Morgan fingerprint density at radius 1 is 1.27 bits per heavy atom. The minimum atomic E-state index is -3.63. The van der Waals surface area contributed by atoms with Gasteiger partial charge in [-0.3, -0.25) is 0 Å². The lowest BCUT2D eigenvalue weighted by Gasteiger charge is -2.36. The Hall–Kier alpha value is -2.99. The molecule has 0 spiro atoms. The van der Waals surface area contributed by atoms with Crippen LogP contribution in [0.1, 0.15) is 45.6 Å². The summed E-state index contributed by atoms with van der Waals surface area (Å²) in [6.07, 6.45) is 3.90. The second kappa shape index (κ2) is 10.3. The lowest BCUT2D eigenvalue weighted by molar-refractivity contribution is 0.0522. The van der Waals surface area contributed by atoms with E-state index in [2.05, 4.69) is 30.5 Å². The average Bonchev–Trinajstić information content (AvgIpc) is 2.70. The molecule has 0 aliphatic carbocycles. The highest BCUT2D eigenvalue weighted by Gasteiger charge is 2.26.